The number of nitrogens with zero attached hydrogens (tertiary/aromatic N) is 2. The summed E-state index contributed by atoms with van der Waals surface area (Å²) in [5.41, 5.74) is 3.92. The predicted molar refractivity (Wildman–Crippen MR) is 130 cm³/mol. The summed E-state index contributed by atoms with van der Waals surface area (Å²) in [6, 6.07) is 21.5. The number of rotatable bonds is 3. The van der Waals surface area contributed by atoms with Gasteiger partial charge in [0.25, 0.3) is 11.8 Å². The molecule has 5 rings (SSSR count). The van der Waals surface area contributed by atoms with E-state index in [9.17, 15) is 14.0 Å². The molecule has 4 nitrogen and oxygen atoms in total. The molecule has 2 aliphatic heterocycles. The van der Waals surface area contributed by atoms with E-state index in [1.165, 1.54) is 30.0 Å². The molecule has 0 aromatic heterocycles. The van der Waals surface area contributed by atoms with Gasteiger partial charge in [0, 0.05) is 22.4 Å². The van der Waals surface area contributed by atoms with Crippen molar-refractivity contribution in [1.29, 1.82) is 0 Å². The SMILES string of the molecule is Cc1ccc2c(c1)[C@@]1(SC(C)(C)CN1C(=O)c1cccc(F)c1)C(=O)N2Cc1ccccc1. The van der Waals surface area contributed by atoms with E-state index in [1.807, 2.05) is 69.3 Å². The minimum atomic E-state index is -1.19. The smallest absolute Gasteiger partial charge is 0.268 e. The maximum Gasteiger partial charge on any atom is 0.268 e. The molecular formula is C27H25FN2O2S. The van der Waals surface area contributed by atoms with Crippen molar-refractivity contribution in [2.75, 3.05) is 11.4 Å². The van der Waals surface area contributed by atoms with Gasteiger partial charge in [-0.2, -0.15) is 0 Å². The Kier molecular flexibility index (Phi) is 5.09. The molecule has 3 aromatic rings. The van der Waals surface area contributed by atoms with E-state index in [4.69, 9.17) is 0 Å². The Morgan fingerprint density at radius 3 is 2.52 bits per heavy atom. The summed E-state index contributed by atoms with van der Waals surface area (Å²) in [4.78, 5) is 30.2. The molecule has 2 amide bonds. The topological polar surface area (TPSA) is 40.6 Å². The van der Waals surface area contributed by atoms with Gasteiger partial charge in [-0.05, 0) is 50.6 Å². The van der Waals surface area contributed by atoms with Gasteiger partial charge in [0.1, 0.15) is 5.82 Å². The van der Waals surface area contributed by atoms with Crippen LogP contribution in [0.4, 0.5) is 10.1 Å². The molecule has 0 unspecified atom stereocenters. The van der Waals surface area contributed by atoms with Crippen molar-refractivity contribution in [3.05, 3.63) is 101 Å². The molecule has 1 saturated heterocycles. The average molecular weight is 461 g/mol. The molecule has 1 atom stereocenters. The Hall–Kier alpha value is -3.12. The number of halogens is 1. The maximum atomic E-state index is 14.2. The third-order valence-corrected chi connectivity index (χ3v) is 7.78. The molecule has 6 heteroatoms. The van der Waals surface area contributed by atoms with E-state index in [1.54, 1.807) is 15.9 Å². The fraction of sp³-hybridized carbons (Fsp3) is 0.259. The van der Waals surface area contributed by atoms with Gasteiger partial charge in [-0.25, -0.2) is 4.39 Å². The normalized spacial score (nSPS) is 21.0. The van der Waals surface area contributed by atoms with Crippen LogP contribution in [0.3, 0.4) is 0 Å². The highest BCUT2D eigenvalue weighted by Crippen LogP contribution is 2.60. The van der Waals surface area contributed by atoms with Crippen LogP contribution in [-0.4, -0.2) is 28.0 Å². The molecule has 1 fully saturated rings. The van der Waals surface area contributed by atoms with Gasteiger partial charge in [-0.15, -0.1) is 11.8 Å². The van der Waals surface area contributed by atoms with Crippen LogP contribution in [0.1, 0.15) is 40.9 Å². The number of anilines is 1. The van der Waals surface area contributed by atoms with Gasteiger partial charge in [0.15, 0.2) is 4.87 Å². The molecular weight excluding hydrogens is 435 g/mol. The van der Waals surface area contributed by atoms with Gasteiger partial charge in [0.05, 0.1) is 12.2 Å². The van der Waals surface area contributed by atoms with Crippen LogP contribution in [0.25, 0.3) is 0 Å². The predicted octanol–water partition coefficient (Wildman–Crippen LogP) is 5.50. The van der Waals surface area contributed by atoms with Gasteiger partial charge >= 0.3 is 0 Å². The lowest BCUT2D eigenvalue weighted by Crippen LogP contribution is -2.50. The number of benzene rings is 3. The van der Waals surface area contributed by atoms with Crippen LogP contribution in [0.2, 0.25) is 0 Å². The van der Waals surface area contributed by atoms with E-state index in [0.717, 1.165) is 22.4 Å². The minimum absolute atomic E-state index is 0.132. The van der Waals surface area contributed by atoms with Crippen LogP contribution in [0, 0.1) is 12.7 Å². The summed E-state index contributed by atoms with van der Waals surface area (Å²) in [5.74, 6) is -0.942. The Balaban J connectivity index is 1.66. The molecule has 0 saturated carbocycles. The minimum Gasteiger partial charge on any atom is -0.310 e. The Labute approximate surface area is 197 Å². The van der Waals surface area contributed by atoms with Crippen LogP contribution in [-0.2, 0) is 16.2 Å². The van der Waals surface area contributed by atoms with E-state index >= 15 is 0 Å². The molecule has 2 heterocycles. The first-order valence-corrected chi connectivity index (χ1v) is 11.8. The lowest BCUT2D eigenvalue weighted by molar-refractivity contribution is -0.123. The van der Waals surface area contributed by atoms with Crippen molar-refractivity contribution in [2.24, 2.45) is 0 Å². The second-order valence-electron chi connectivity index (χ2n) is 9.30. The molecule has 2 aliphatic rings. The van der Waals surface area contributed by atoms with Crippen molar-refractivity contribution < 1.29 is 14.0 Å². The van der Waals surface area contributed by atoms with Crippen molar-refractivity contribution in [1.82, 2.24) is 4.90 Å². The molecule has 0 N–H and O–H groups in total. The second-order valence-corrected chi connectivity index (χ2v) is 11.2. The first-order valence-electron chi connectivity index (χ1n) is 11.0. The Morgan fingerprint density at radius 1 is 1.03 bits per heavy atom. The van der Waals surface area contributed by atoms with Crippen LogP contribution >= 0.6 is 11.8 Å². The number of carbonyl (C=O) groups is 2. The van der Waals surface area contributed by atoms with Gasteiger partial charge in [-0.3, -0.25) is 9.59 Å². The van der Waals surface area contributed by atoms with E-state index < -0.39 is 10.7 Å². The average Bonchev–Trinajstić information content (AvgIpc) is 3.20. The van der Waals surface area contributed by atoms with Gasteiger partial charge < -0.3 is 9.80 Å². The number of aryl methyl sites for hydroxylation is 1. The quantitative estimate of drug-likeness (QED) is 0.518. The summed E-state index contributed by atoms with van der Waals surface area (Å²) in [5, 5.41) is 0. The zero-order chi connectivity index (χ0) is 23.4. The Bertz CT molecular complexity index is 1260. The number of hydrogen-bond acceptors (Lipinski definition) is 3. The van der Waals surface area contributed by atoms with Crippen molar-refractivity contribution in [3.63, 3.8) is 0 Å². The monoisotopic (exact) mass is 460 g/mol. The number of thioether (sulfide) groups is 1. The summed E-state index contributed by atoms with van der Waals surface area (Å²) in [7, 11) is 0. The summed E-state index contributed by atoms with van der Waals surface area (Å²) in [6.45, 7) is 6.87. The fourth-order valence-corrected chi connectivity index (χ4v) is 6.54. The van der Waals surface area contributed by atoms with E-state index in [2.05, 4.69) is 0 Å². The number of carbonyl (C=O) groups excluding carboxylic acids is 2. The lowest BCUT2D eigenvalue weighted by atomic mass is 10.0. The highest BCUT2D eigenvalue weighted by Gasteiger charge is 2.63. The lowest BCUT2D eigenvalue weighted by Gasteiger charge is -2.33. The molecule has 0 radical (unpaired) electrons. The second kappa shape index (κ2) is 7.73. The Morgan fingerprint density at radius 2 is 1.79 bits per heavy atom. The van der Waals surface area contributed by atoms with Crippen molar-refractivity contribution in [2.45, 2.75) is 36.9 Å². The summed E-state index contributed by atoms with van der Waals surface area (Å²) >= 11 is 1.51. The van der Waals surface area contributed by atoms with E-state index in [-0.39, 0.29) is 22.1 Å². The molecule has 168 valence electrons. The molecule has 1 spiro atoms. The zero-order valence-electron chi connectivity index (χ0n) is 18.8. The highest BCUT2D eigenvalue weighted by atomic mass is 32.2. The summed E-state index contributed by atoms with van der Waals surface area (Å²) in [6.07, 6.45) is 0. The first kappa shape index (κ1) is 21.7. The third-order valence-electron chi connectivity index (χ3n) is 6.19. The highest BCUT2D eigenvalue weighted by molar-refractivity contribution is 8.02. The number of hydrogen-bond donors (Lipinski definition) is 0. The first-order chi connectivity index (χ1) is 15.7. The molecule has 0 aliphatic carbocycles. The maximum absolute atomic E-state index is 14.2. The number of fused-ring (bicyclic) bond motifs is 2. The van der Waals surface area contributed by atoms with Gasteiger partial charge in [0.2, 0.25) is 0 Å². The molecule has 0 bridgehead atoms. The summed E-state index contributed by atoms with van der Waals surface area (Å²) < 4.78 is 13.6. The van der Waals surface area contributed by atoms with Crippen LogP contribution in [0.5, 0.6) is 0 Å². The van der Waals surface area contributed by atoms with Crippen LogP contribution < -0.4 is 4.90 Å². The van der Waals surface area contributed by atoms with E-state index in [0.29, 0.717) is 13.1 Å². The standard InChI is InChI=1S/C27H25FN2O2S/c1-18-12-13-23-22(14-18)27(25(32)29(23)16-19-8-5-4-6-9-19)30(17-26(2,3)33-27)24(31)20-10-7-11-21(28)15-20/h4-15H,16-17H2,1-3H3/t27-/m1/s1. The zero-order valence-corrected chi connectivity index (χ0v) is 19.7. The molecule has 3 aromatic carbocycles. The third kappa shape index (κ3) is 3.53. The van der Waals surface area contributed by atoms with Gasteiger partial charge in [-0.1, -0.05) is 54.1 Å². The molecule has 33 heavy (non-hydrogen) atoms. The largest absolute Gasteiger partial charge is 0.310 e. The van der Waals surface area contributed by atoms with Crippen molar-refractivity contribution in [3.8, 4) is 0 Å². The fourth-order valence-electron chi connectivity index (χ4n) is 4.82. The van der Waals surface area contributed by atoms with Crippen LogP contribution in [0.15, 0.2) is 72.8 Å². The van der Waals surface area contributed by atoms with Crippen molar-refractivity contribution >= 4 is 29.3 Å². The number of amides is 2.